The van der Waals surface area contributed by atoms with Crippen molar-refractivity contribution in [2.24, 2.45) is 0 Å². The Morgan fingerprint density at radius 1 is 1.00 bits per heavy atom. The predicted molar refractivity (Wildman–Crippen MR) is 162 cm³/mol. The molecule has 12 heteroatoms. The largest absolute Gasteiger partial charge is 0.482 e. The molecule has 0 saturated carbocycles. The molecule has 0 spiro atoms. The van der Waals surface area contributed by atoms with Crippen molar-refractivity contribution in [3.63, 3.8) is 0 Å². The molecule has 2 aliphatic rings. The summed E-state index contributed by atoms with van der Waals surface area (Å²) in [5.41, 5.74) is 2.98. The lowest BCUT2D eigenvalue weighted by Gasteiger charge is -2.35. The van der Waals surface area contributed by atoms with E-state index in [2.05, 4.69) is 10.2 Å². The van der Waals surface area contributed by atoms with E-state index in [4.69, 9.17) is 32.7 Å². The molecule has 2 heterocycles. The number of ether oxygens (including phenoxy) is 2. The number of hydrogen-bond donors (Lipinski definition) is 1. The highest BCUT2D eigenvalue weighted by Gasteiger charge is 2.35. The molecule has 3 aromatic rings. The number of halogens is 2. The summed E-state index contributed by atoms with van der Waals surface area (Å²) < 4.78 is 34.9. The van der Waals surface area contributed by atoms with Crippen molar-refractivity contribution in [1.82, 2.24) is 10.2 Å². The van der Waals surface area contributed by atoms with E-state index in [-0.39, 0.29) is 28.3 Å². The van der Waals surface area contributed by atoms with E-state index in [1.54, 1.807) is 37.3 Å². The highest BCUT2D eigenvalue weighted by molar-refractivity contribution is 7.90. The lowest BCUT2D eigenvalue weighted by atomic mass is 9.98. The van der Waals surface area contributed by atoms with E-state index in [1.807, 2.05) is 24.3 Å². The predicted octanol–water partition coefficient (Wildman–Crippen LogP) is 4.37. The summed E-state index contributed by atoms with van der Waals surface area (Å²) in [6, 6.07) is 16.3. The maximum Gasteiger partial charge on any atom is 0.265 e. The average Bonchev–Trinajstić information content (AvgIpc) is 2.97. The Morgan fingerprint density at radius 3 is 2.38 bits per heavy atom. The SMILES string of the molecule is CC(C(=O)NC(CN1CCOCC1)c1cccc(-c2ccc(S(C)(=O)=O)cc2)c1)N1C(=O)COc2cc(Cl)c(Cl)cc21. The number of nitrogens with one attached hydrogen (secondary N) is 1. The van der Waals surface area contributed by atoms with E-state index in [1.165, 1.54) is 17.2 Å². The smallest absolute Gasteiger partial charge is 0.265 e. The number of fused-ring (bicyclic) bond motifs is 1. The number of sulfone groups is 1. The van der Waals surface area contributed by atoms with Crippen LogP contribution in [0.25, 0.3) is 11.1 Å². The number of benzene rings is 3. The van der Waals surface area contributed by atoms with Gasteiger partial charge in [0.15, 0.2) is 16.4 Å². The zero-order valence-electron chi connectivity index (χ0n) is 23.2. The third kappa shape index (κ3) is 6.74. The van der Waals surface area contributed by atoms with Gasteiger partial charge in [-0.25, -0.2) is 8.42 Å². The second kappa shape index (κ2) is 12.6. The average molecular weight is 633 g/mol. The minimum atomic E-state index is -3.31. The maximum atomic E-state index is 13.8. The number of amides is 2. The van der Waals surface area contributed by atoms with E-state index in [9.17, 15) is 18.0 Å². The second-order valence-electron chi connectivity index (χ2n) is 10.4. The van der Waals surface area contributed by atoms with Crippen LogP contribution < -0.4 is 15.0 Å². The quantitative estimate of drug-likeness (QED) is 0.394. The fourth-order valence-electron chi connectivity index (χ4n) is 5.11. The Labute approximate surface area is 255 Å². The molecule has 0 bridgehead atoms. The number of rotatable bonds is 8. The molecule has 2 atom stereocenters. The monoisotopic (exact) mass is 631 g/mol. The molecule has 0 aromatic heterocycles. The van der Waals surface area contributed by atoms with Crippen LogP contribution in [0.4, 0.5) is 5.69 Å². The van der Waals surface area contributed by atoms with Crippen molar-refractivity contribution >= 4 is 50.5 Å². The van der Waals surface area contributed by atoms with Crippen LogP contribution in [-0.2, 0) is 24.2 Å². The van der Waals surface area contributed by atoms with Gasteiger partial charge in [-0.15, -0.1) is 0 Å². The number of anilines is 1. The first-order valence-corrected chi connectivity index (χ1v) is 16.1. The van der Waals surface area contributed by atoms with Gasteiger partial charge < -0.3 is 14.8 Å². The number of nitrogens with zero attached hydrogens (tertiary/aromatic N) is 2. The summed E-state index contributed by atoms with van der Waals surface area (Å²) in [6.45, 7) is 4.63. The van der Waals surface area contributed by atoms with Crippen LogP contribution in [0.2, 0.25) is 10.0 Å². The van der Waals surface area contributed by atoms with Gasteiger partial charge in [-0.05, 0) is 47.9 Å². The first-order valence-electron chi connectivity index (χ1n) is 13.5. The Morgan fingerprint density at radius 2 is 1.69 bits per heavy atom. The molecule has 1 N–H and O–H groups in total. The molecule has 9 nitrogen and oxygen atoms in total. The van der Waals surface area contributed by atoms with E-state index in [0.717, 1.165) is 29.8 Å². The van der Waals surface area contributed by atoms with Crippen LogP contribution in [0, 0.1) is 0 Å². The molecule has 1 saturated heterocycles. The summed E-state index contributed by atoms with van der Waals surface area (Å²) in [7, 11) is -3.31. The zero-order valence-corrected chi connectivity index (χ0v) is 25.5. The van der Waals surface area contributed by atoms with Crippen molar-refractivity contribution < 1.29 is 27.5 Å². The van der Waals surface area contributed by atoms with Crippen LogP contribution in [0.3, 0.4) is 0 Å². The maximum absolute atomic E-state index is 13.8. The van der Waals surface area contributed by atoms with Crippen LogP contribution >= 0.6 is 23.2 Å². The number of morpholine rings is 1. The molecule has 2 unspecified atom stereocenters. The van der Waals surface area contributed by atoms with Crippen molar-refractivity contribution in [1.29, 1.82) is 0 Å². The third-order valence-electron chi connectivity index (χ3n) is 7.41. The minimum absolute atomic E-state index is 0.222. The van der Waals surface area contributed by atoms with Crippen LogP contribution in [0.5, 0.6) is 5.75 Å². The molecule has 1 fully saturated rings. The molecule has 0 radical (unpaired) electrons. The fraction of sp³-hybridized carbons (Fsp3) is 0.333. The van der Waals surface area contributed by atoms with Crippen molar-refractivity contribution in [2.75, 3.05) is 50.6 Å². The van der Waals surface area contributed by atoms with E-state index < -0.39 is 21.9 Å². The molecular weight excluding hydrogens is 601 g/mol. The normalized spacial score (nSPS) is 17.2. The van der Waals surface area contributed by atoms with Gasteiger partial charge in [-0.2, -0.15) is 0 Å². The van der Waals surface area contributed by atoms with Crippen molar-refractivity contribution in [2.45, 2.75) is 23.9 Å². The summed E-state index contributed by atoms with van der Waals surface area (Å²) in [4.78, 5) is 30.6. The number of carbonyl (C=O) groups is 2. The van der Waals surface area contributed by atoms with Gasteiger partial charge >= 0.3 is 0 Å². The van der Waals surface area contributed by atoms with Gasteiger partial charge in [-0.3, -0.25) is 19.4 Å². The van der Waals surface area contributed by atoms with Gasteiger partial charge in [0.1, 0.15) is 11.8 Å². The highest BCUT2D eigenvalue weighted by atomic mass is 35.5. The molecule has 2 aliphatic heterocycles. The number of hydrogen-bond acceptors (Lipinski definition) is 7. The van der Waals surface area contributed by atoms with Crippen molar-refractivity contribution in [3.05, 3.63) is 76.3 Å². The van der Waals surface area contributed by atoms with Crippen LogP contribution in [-0.4, -0.2) is 76.9 Å². The molecular formula is C30H31Cl2N3O6S. The number of carbonyl (C=O) groups excluding carboxylic acids is 2. The molecule has 42 heavy (non-hydrogen) atoms. The highest BCUT2D eigenvalue weighted by Crippen LogP contribution is 2.39. The lowest BCUT2D eigenvalue weighted by molar-refractivity contribution is -0.128. The lowest BCUT2D eigenvalue weighted by Crippen LogP contribution is -2.53. The molecule has 222 valence electrons. The van der Waals surface area contributed by atoms with Gasteiger partial charge in [-0.1, -0.05) is 53.5 Å². The van der Waals surface area contributed by atoms with E-state index >= 15 is 0 Å². The molecule has 2 amide bonds. The Balaban J connectivity index is 1.43. The Kier molecular flexibility index (Phi) is 9.10. The molecule has 3 aromatic carbocycles. The third-order valence-corrected chi connectivity index (χ3v) is 9.26. The zero-order chi connectivity index (χ0) is 30.0. The minimum Gasteiger partial charge on any atom is -0.482 e. The van der Waals surface area contributed by atoms with Gasteiger partial charge in [0.25, 0.3) is 5.91 Å². The molecule has 5 rings (SSSR count). The first-order chi connectivity index (χ1) is 20.0. The summed E-state index contributed by atoms with van der Waals surface area (Å²) in [5.74, 6) is -0.334. The topological polar surface area (TPSA) is 105 Å². The van der Waals surface area contributed by atoms with E-state index in [0.29, 0.717) is 36.2 Å². The summed E-state index contributed by atoms with van der Waals surface area (Å²) >= 11 is 12.4. The van der Waals surface area contributed by atoms with Gasteiger partial charge in [0, 0.05) is 32.0 Å². The van der Waals surface area contributed by atoms with Gasteiger partial charge in [0.2, 0.25) is 5.91 Å². The Bertz CT molecular complexity index is 1590. The van der Waals surface area contributed by atoms with Crippen LogP contribution in [0.15, 0.2) is 65.6 Å². The first kappa shape index (κ1) is 30.3. The summed E-state index contributed by atoms with van der Waals surface area (Å²) in [5, 5.41) is 3.71. The fourth-order valence-corrected chi connectivity index (χ4v) is 6.05. The van der Waals surface area contributed by atoms with Gasteiger partial charge in [0.05, 0.1) is 39.9 Å². The standard InChI is InChI=1S/C30H31Cl2N3O6S/c1-19(35-27-15-24(31)25(32)16-28(27)41-18-29(35)36)30(37)33-26(17-34-10-12-40-13-11-34)22-5-3-4-21(14-22)20-6-8-23(9-7-20)42(2,38)39/h3-9,14-16,19,26H,10-13,17-18H2,1-2H3,(H,33,37). The molecule has 0 aliphatic carbocycles. The van der Waals surface area contributed by atoms with Crippen LogP contribution in [0.1, 0.15) is 18.5 Å². The summed E-state index contributed by atoms with van der Waals surface area (Å²) in [6.07, 6.45) is 1.18. The van der Waals surface area contributed by atoms with Crippen molar-refractivity contribution in [3.8, 4) is 16.9 Å². The Hall–Kier alpha value is -3.15. The second-order valence-corrected chi connectivity index (χ2v) is 13.2.